The lowest BCUT2D eigenvalue weighted by Gasteiger charge is -1.96. The summed E-state index contributed by atoms with van der Waals surface area (Å²) in [5.41, 5.74) is 1.46. The van der Waals surface area contributed by atoms with Gasteiger partial charge in [0.2, 0.25) is 5.91 Å². The third-order valence-electron chi connectivity index (χ3n) is 2.27. The summed E-state index contributed by atoms with van der Waals surface area (Å²) < 4.78 is 1.83. The first kappa shape index (κ1) is 11.7. The van der Waals surface area contributed by atoms with Crippen molar-refractivity contribution in [1.82, 2.24) is 14.7 Å². The molecule has 1 amide bonds. The number of pyridine rings is 1. The molecular weight excluding hydrogens is 238 g/mol. The van der Waals surface area contributed by atoms with Crippen molar-refractivity contribution in [2.45, 2.75) is 6.92 Å². The number of rotatable bonds is 3. The zero-order valence-electron chi connectivity index (χ0n) is 9.35. The van der Waals surface area contributed by atoms with Gasteiger partial charge in [-0.3, -0.25) is 9.20 Å². The van der Waals surface area contributed by atoms with Gasteiger partial charge in [-0.2, -0.15) is 0 Å². The molecule has 4 nitrogen and oxygen atoms in total. The number of hydrogen-bond donors (Lipinski definition) is 1. The molecule has 0 bridgehead atoms. The van der Waals surface area contributed by atoms with Crippen LogP contribution in [0.1, 0.15) is 12.6 Å². The Bertz CT molecular complexity index is 574. The van der Waals surface area contributed by atoms with Gasteiger partial charge in [-0.25, -0.2) is 4.98 Å². The predicted molar refractivity (Wildman–Crippen MR) is 67.9 cm³/mol. The Hall–Kier alpha value is -1.81. The number of fused-ring (bicyclic) bond motifs is 1. The summed E-state index contributed by atoms with van der Waals surface area (Å²) in [5, 5.41) is 3.06. The first-order valence-electron chi connectivity index (χ1n) is 5.31. The van der Waals surface area contributed by atoms with Gasteiger partial charge >= 0.3 is 0 Å². The van der Waals surface area contributed by atoms with Crippen molar-refractivity contribution >= 4 is 29.2 Å². The van der Waals surface area contributed by atoms with E-state index in [0.717, 1.165) is 5.65 Å². The van der Waals surface area contributed by atoms with Crippen LogP contribution < -0.4 is 5.32 Å². The van der Waals surface area contributed by atoms with Crippen molar-refractivity contribution in [2.24, 2.45) is 0 Å². The zero-order chi connectivity index (χ0) is 12.3. The smallest absolute Gasteiger partial charge is 0.244 e. The van der Waals surface area contributed by atoms with Gasteiger partial charge in [0.15, 0.2) is 5.15 Å². The van der Waals surface area contributed by atoms with E-state index >= 15 is 0 Å². The van der Waals surface area contributed by atoms with Gasteiger partial charge in [0, 0.05) is 18.8 Å². The predicted octanol–water partition coefficient (Wildman–Crippen LogP) is 2.14. The first-order valence-corrected chi connectivity index (χ1v) is 5.68. The minimum atomic E-state index is -0.144. The number of nitrogens with one attached hydrogen (secondary N) is 1. The zero-order valence-corrected chi connectivity index (χ0v) is 10.1. The Morgan fingerprint density at radius 3 is 3.18 bits per heavy atom. The van der Waals surface area contributed by atoms with Crippen LogP contribution in [0.2, 0.25) is 5.15 Å². The van der Waals surface area contributed by atoms with Gasteiger partial charge in [0.25, 0.3) is 0 Å². The standard InChI is InChI=1S/C12H12ClN3O/c1-2-14-11(17)7-6-9-12(13)15-10-5-3-4-8-16(9)10/h3-8H,2H2,1H3,(H,14,17). The van der Waals surface area contributed by atoms with E-state index in [1.807, 2.05) is 35.7 Å². The van der Waals surface area contributed by atoms with Crippen molar-refractivity contribution in [3.8, 4) is 0 Å². The minimum Gasteiger partial charge on any atom is -0.353 e. The molecule has 0 spiro atoms. The Morgan fingerprint density at radius 1 is 1.59 bits per heavy atom. The number of aromatic nitrogens is 2. The van der Waals surface area contributed by atoms with Crippen molar-refractivity contribution in [3.05, 3.63) is 41.3 Å². The molecule has 88 valence electrons. The normalized spacial score (nSPS) is 11.2. The number of nitrogens with zero attached hydrogens (tertiary/aromatic N) is 2. The molecule has 1 N–H and O–H groups in total. The lowest BCUT2D eigenvalue weighted by molar-refractivity contribution is -0.116. The topological polar surface area (TPSA) is 46.4 Å². The number of amides is 1. The summed E-state index contributed by atoms with van der Waals surface area (Å²) in [4.78, 5) is 15.5. The number of imidazole rings is 1. The summed E-state index contributed by atoms with van der Waals surface area (Å²) in [7, 11) is 0. The first-order chi connectivity index (χ1) is 8.22. The SMILES string of the molecule is CCNC(=O)C=Cc1c(Cl)nc2ccccn12. The molecule has 2 rings (SSSR count). The third-order valence-corrected chi connectivity index (χ3v) is 2.54. The van der Waals surface area contributed by atoms with E-state index in [9.17, 15) is 4.79 Å². The second kappa shape index (κ2) is 5.01. The highest BCUT2D eigenvalue weighted by molar-refractivity contribution is 6.31. The molecule has 0 saturated carbocycles. The maximum atomic E-state index is 11.3. The molecule has 0 radical (unpaired) electrons. The highest BCUT2D eigenvalue weighted by atomic mass is 35.5. The number of halogens is 1. The number of carbonyl (C=O) groups is 1. The van der Waals surface area contributed by atoms with Gasteiger partial charge in [0.05, 0.1) is 5.69 Å². The second-order valence-corrected chi connectivity index (χ2v) is 3.80. The number of hydrogen-bond acceptors (Lipinski definition) is 2. The molecular formula is C12H12ClN3O. The van der Waals surface area contributed by atoms with Crippen molar-refractivity contribution < 1.29 is 4.79 Å². The molecule has 17 heavy (non-hydrogen) atoms. The number of carbonyl (C=O) groups excluding carboxylic acids is 1. The fourth-order valence-electron chi connectivity index (χ4n) is 1.52. The molecule has 0 unspecified atom stereocenters. The molecule has 2 aromatic heterocycles. The molecule has 5 heteroatoms. The lowest BCUT2D eigenvalue weighted by atomic mass is 10.3. The van der Waals surface area contributed by atoms with E-state index in [1.165, 1.54) is 6.08 Å². The lowest BCUT2D eigenvalue weighted by Crippen LogP contribution is -2.19. The van der Waals surface area contributed by atoms with Crippen LogP contribution in [-0.4, -0.2) is 21.8 Å². The van der Waals surface area contributed by atoms with Crippen LogP contribution in [0.15, 0.2) is 30.5 Å². The van der Waals surface area contributed by atoms with E-state index < -0.39 is 0 Å². The summed E-state index contributed by atoms with van der Waals surface area (Å²) in [6, 6.07) is 5.62. The summed E-state index contributed by atoms with van der Waals surface area (Å²) in [5.74, 6) is -0.144. The average molecular weight is 250 g/mol. The van der Waals surface area contributed by atoms with Gasteiger partial charge in [0.1, 0.15) is 5.65 Å². The molecule has 0 atom stereocenters. The van der Waals surface area contributed by atoms with Crippen LogP contribution in [0.4, 0.5) is 0 Å². The molecule has 0 aromatic carbocycles. The quantitative estimate of drug-likeness (QED) is 0.848. The average Bonchev–Trinajstić information content (AvgIpc) is 2.62. The largest absolute Gasteiger partial charge is 0.353 e. The Labute approximate surface area is 104 Å². The fraction of sp³-hybridized carbons (Fsp3) is 0.167. The van der Waals surface area contributed by atoms with E-state index in [2.05, 4.69) is 10.3 Å². The minimum absolute atomic E-state index is 0.144. The van der Waals surface area contributed by atoms with Crippen molar-refractivity contribution in [1.29, 1.82) is 0 Å². The molecule has 0 fully saturated rings. The molecule has 0 aliphatic rings. The van der Waals surface area contributed by atoms with Crippen LogP contribution in [0.5, 0.6) is 0 Å². The van der Waals surface area contributed by atoms with Gasteiger partial charge < -0.3 is 5.32 Å². The highest BCUT2D eigenvalue weighted by Gasteiger charge is 2.06. The second-order valence-electron chi connectivity index (χ2n) is 3.44. The van der Waals surface area contributed by atoms with E-state index in [0.29, 0.717) is 17.4 Å². The van der Waals surface area contributed by atoms with Gasteiger partial charge in [-0.05, 0) is 25.1 Å². The Kier molecular flexibility index (Phi) is 3.44. The van der Waals surface area contributed by atoms with E-state index in [4.69, 9.17) is 11.6 Å². The Balaban J connectivity index is 2.35. The summed E-state index contributed by atoms with van der Waals surface area (Å²) in [6.45, 7) is 2.47. The van der Waals surface area contributed by atoms with Crippen LogP contribution in [-0.2, 0) is 4.79 Å². The molecule has 0 aliphatic heterocycles. The maximum Gasteiger partial charge on any atom is 0.244 e. The molecule has 2 heterocycles. The van der Waals surface area contributed by atoms with Crippen LogP contribution in [0.3, 0.4) is 0 Å². The molecule has 0 aliphatic carbocycles. The molecule has 0 saturated heterocycles. The number of likely N-dealkylation sites (N-methyl/N-ethyl adjacent to an activating group) is 1. The Morgan fingerprint density at radius 2 is 2.41 bits per heavy atom. The third kappa shape index (κ3) is 2.47. The van der Waals surface area contributed by atoms with Gasteiger partial charge in [-0.1, -0.05) is 17.7 Å². The fourth-order valence-corrected chi connectivity index (χ4v) is 1.76. The van der Waals surface area contributed by atoms with Crippen LogP contribution in [0, 0.1) is 0 Å². The molecule has 2 aromatic rings. The van der Waals surface area contributed by atoms with Crippen LogP contribution >= 0.6 is 11.6 Å². The maximum absolute atomic E-state index is 11.3. The monoisotopic (exact) mass is 249 g/mol. The summed E-state index contributed by atoms with van der Waals surface area (Å²) in [6.07, 6.45) is 4.96. The van der Waals surface area contributed by atoms with E-state index in [1.54, 1.807) is 6.08 Å². The van der Waals surface area contributed by atoms with Crippen molar-refractivity contribution in [3.63, 3.8) is 0 Å². The highest BCUT2D eigenvalue weighted by Crippen LogP contribution is 2.18. The van der Waals surface area contributed by atoms with E-state index in [-0.39, 0.29) is 5.91 Å². The van der Waals surface area contributed by atoms with Gasteiger partial charge in [-0.15, -0.1) is 0 Å². The van der Waals surface area contributed by atoms with Crippen LogP contribution in [0.25, 0.3) is 11.7 Å². The van der Waals surface area contributed by atoms with Crippen molar-refractivity contribution in [2.75, 3.05) is 6.54 Å². The summed E-state index contributed by atoms with van der Waals surface area (Å²) >= 11 is 6.01.